The molecule has 1 rings (SSSR count). The highest BCUT2D eigenvalue weighted by Crippen LogP contribution is 2.37. The molecule has 1 N–H and O–H groups in total. The summed E-state index contributed by atoms with van der Waals surface area (Å²) < 4.78 is 15.2. The number of carbonyl (C=O) groups is 1. The Kier molecular flexibility index (Phi) is 10.4. The van der Waals surface area contributed by atoms with Crippen molar-refractivity contribution in [2.24, 2.45) is 5.92 Å². The number of carboxylic acids is 1. The van der Waals surface area contributed by atoms with Gasteiger partial charge in [0.05, 0.1) is 0 Å². The lowest BCUT2D eigenvalue weighted by Gasteiger charge is -2.28. The highest BCUT2D eigenvalue weighted by molar-refractivity contribution is 5.79. The number of hydrogen-bond acceptors (Lipinski definition) is 1. The Labute approximate surface area is 152 Å². The molecule has 0 aliphatic carbocycles. The predicted molar refractivity (Wildman–Crippen MR) is 102 cm³/mol. The molecule has 1 aromatic rings. The third-order valence-electron chi connectivity index (χ3n) is 5.17. The first kappa shape index (κ1) is 21.7. The molecule has 0 amide bonds. The lowest BCUT2D eigenvalue weighted by atomic mass is 9.81. The molecule has 0 spiro atoms. The molecule has 2 unspecified atom stereocenters. The quantitative estimate of drug-likeness (QED) is 0.371. The first-order valence-corrected chi connectivity index (χ1v) is 10.0. The van der Waals surface area contributed by atoms with Crippen molar-refractivity contribution < 1.29 is 14.3 Å². The average molecular weight is 351 g/mol. The molecule has 0 radical (unpaired) electrons. The van der Waals surface area contributed by atoms with Crippen molar-refractivity contribution in [2.75, 3.05) is 0 Å². The van der Waals surface area contributed by atoms with E-state index in [1.165, 1.54) is 44.9 Å². The highest BCUT2D eigenvalue weighted by atomic mass is 19.1. The van der Waals surface area contributed by atoms with Crippen LogP contribution in [0.1, 0.15) is 90.0 Å². The molecule has 0 aliphatic heterocycles. The molecule has 0 bridgehead atoms. The van der Waals surface area contributed by atoms with Crippen LogP contribution in [0, 0.1) is 5.92 Å². The third kappa shape index (κ3) is 7.17. The Bertz CT molecular complexity index is 474. The minimum Gasteiger partial charge on any atom is -0.479 e. The minimum atomic E-state index is -2.29. The van der Waals surface area contributed by atoms with Gasteiger partial charge in [-0.3, -0.25) is 0 Å². The van der Waals surface area contributed by atoms with Crippen LogP contribution in [0.5, 0.6) is 0 Å². The van der Waals surface area contributed by atoms with Crippen molar-refractivity contribution in [3.05, 3.63) is 35.9 Å². The number of halogens is 1. The molecule has 2 nitrogen and oxygen atoms in total. The summed E-state index contributed by atoms with van der Waals surface area (Å²) in [5.41, 5.74) is -2.04. The second-order valence-electron chi connectivity index (χ2n) is 7.25. The van der Waals surface area contributed by atoms with Gasteiger partial charge in [-0.25, -0.2) is 9.18 Å². The number of aliphatic carboxylic acids is 1. The van der Waals surface area contributed by atoms with Crippen LogP contribution in [0.3, 0.4) is 0 Å². The van der Waals surface area contributed by atoms with E-state index in [9.17, 15) is 9.90 Å². The summed E-state index contributed by atoms with van der Waals surface area (Å²) in [5, 5.41) is 9.44. The van der Waals surface area contributed by atoms with Gasteiger partial charge in [-0.05, 0) is 6.42 Å². The van der Waals surface area contributed by atoms with Crippen LogP contribution in [0.4, 0.5) is 4.39 Å². The first-order chi connectivity index (χ1) is 12.0. The van der Waals surface area contributed by atoms with Crippen LogP contribution < -0.4 is 0 Å². The topological polar surface area (TPSA) is 37.3 Å². The lowest BCUT2D eigenvalue weighted by Crippen LogP contribution is -2.37. The van der Waals surface area contributed by atoms with Crippen molar-refractivity contribution in [3.8, 4) is 0 Å². The first-order valence-electron chi connectivity index (χ1n) is 10.0. The van der Waals surface area contributed by atoms with Gasteiger partial charge in [0.2, 0.25) is 5.67 Å². The van der Waals surface area contributed by atoms with Gasteiger partial charge < -0.3 is 5.11 Å². The van der Waals surface area contributed by atoms with E-state index in [4.69, 9.17) is 0 Å². The second kappa shape index (κ2) is 12.1. The fourth-order valence-corrected chi connectivity index (χ4v) is 3.44. The van der Waals surface area contributed by atoms with Gasteiger partial charge in [0.25, 0.3) is 0 Å². The largest absolute Gasteiger partial charge is 0.479 e. The Morgan fingerprint density at radius 1 is 0.960 bits per heavy atom. The predicted octanol–water partition coefficient (Wildman–Crippen LogP) is 6.88. The number of rotatable bonds is 14. The molecular formula is C22H35FO2. The van der Waals surface area contributed by atoms with Gasteiger partial charge in [-0.1, -0.05) is 108 Å². The van der Waals surface area contributed by atoms with E-state index in [0.29, 0.717) is 6.42 Å². The van der Waals surface area contributed by atoms with E-state index in [1.54, 1.807) is 37.3 Å². The standard InChI is InChI=1S/C22H35FO2/c1-3-4-5-6-7-8-9-10-11-13-16-19(2)22(23,21(24)25)20-17-14-12-15-18-20/h12,14-15,17-19H,3-11,13,16H2,1-2H3,(H,24,25). The molecular weight excluding hydrogens is 315 g/mol. The maximum Gasteiger partial charge on any atom is 0.346 e. The molecule has 0 aromatic heterocycles. The number of alkyl halides is 1. The summed E-state index contributed by atoms with van der Waals surface area (Å²) in [4.78, 5) is 11.6. The zero-order chi connectivity index (χ0) is 18.5. The van der Waals surface area contributed by atoms with Gasteiger partial charge in [-0.15, -0.1) is 0 Å². The number of hydrogen-bond donors (Lipinski definition) is 1. The van der Waals surface area contributed by atoms with Crippen LogP contribution in [0.2, 0.25) is 0 Å². The molecule has 0 heterocycles. The van der Waals surface area contributed by atoms with Gasteiger partial charge >= 0.3 is 5.97 Å². The summed E-state index contributed by atoms with van der Waals surface area (Å²) in [7, 11) is 0. The van der Waals surface area contributed by atoms with Crippen molar-refractivity contribution in [1.29, 1.82) is 0 Å². The number of carboxylic acid groups (broad SMARTS) is 1. The van der Waals surface area contributed by atoms with Crippen molar-refractivity contribution in [2.45, 2.75) is 90.1 Å². The molecule has 142 valence electrons. The molecule has 25 heavy (non-hydrogen) atoms. The minimum absolute atomic E-state index is 0.252. The molecule has 2 atom stereocenters. The normalized spacial score (nSPS) is 14.8. The summed E-state index contributed by atoms with van der Waals surface area (Å²) in [6.07, 6.45) is 12.9. The van der Waals surface area contributed by atoms with E-state index in [1.807, 2.05) is 0 Å². The fourth-order valence-electron chi connectivity index (χ4n) is 3.44. The Hall–Kier alpha value is -1.38. The van der Waals surface area contributed by atoms with Crippen LogP contribution in [-0.2, 0) is 10.5 Å². The van der Waals surface area contributed by atoms with Crippen LogP contribution in [0.15, 0.2) is 30.3 Å². The molecule has 3 heteroatoms. The van der Waals surface area contributed by atoms with Gasteiger partial charge in [0, 0.05) is 11.5 Å². The number of unbranched alkanes of at least 4 members (excludes halogenated alkanes) is 9. The van der Waals surface area contributed by atoms with Crippen LogP contribution in [0.25, 0.3) is 0 Å². The maximum absolute atomic E-state index is 15.2. The smallest absolute Gasteiger partial charge is 0.346 e. The molecule has 0 saturated carbocycles. The van der Waals surface area contributed by atoms with Gasteiger partial charge in [-0.2, -0.15) is 0 Å². The maximum atomic E-state index is 15.2. The van der Waals surface area contributed by atoms with Crippen molar-refractivity contribution >= 4 is 5.97 Å². The summed E-state index contributed by atoms with van der Waals surface area (Å²) in [6, 6.07) is 8.31. The summed E-state index contributed by atoms with van der Waals surface area (Å²) >= 11 is 0. The molecule has 0 saturated heterocycles. The molecule has 0 fully saturated rings. The fraction of sp³-hybridized carbons (Fsp3) is 0.682. The monoisotopic (exact) mass is 350 g/mol. The van der Waals surface area contributed by atoms with E-state index in [2.05, 4.69) is 6.92 Å². The SMILES string of the molecule is CCCCCCCCCCCCC(C)C(F)(C(=O)O)c1ccccc1. The second-order valence-corrected chi connectivity index (χ2v) is 7.25. The third-order valence-corrected chi connectivity index (χ3v) is 5.17. The zero-order valence-electron chi connectivity index (χ0n) is 16.0. The Morgan fingerprint density at radius 2 is 1.44 bits per heavy atom. The average Bonchev–Trinajstić information content (AvgIpc) is 2.62. The van der Waals surface area contributed by atoms with Crippen LogP contribution >= 0.6 is 0 Å². The number of benzene rings is 1. The molecule has 1 aromatic carbocycles. The van der Waals surface area contributed by atoms with Crippen molar-refractivity contribution in [3.63, 3.8) is 0 Å². The van der Waals surface area contributed by atoms with Gasteiger partial charge in [0.15, 0.2) is 0 Å². The van der Waals surface area contributed by atoms with Crippen molar-refractivity contribution in [1.82, 2.24) is 0 Å². The Morgan fingerprint density at radius 3 is 1.92 bits per heavy atom. The van der Waals surface area contributed by atoms with E-state index in [-0.39, 0.29) is 5.56 Å². The van der Waals surface area contributed by atoms with E-state index in [0.717, 1.165) is 19.3 Å². The Balaban J connectivity index is 2.28. The summed E-state index contributed by atoms with van der Waals surface area (Å²) in [5.74, 6) is -1.90. The van der Waals surface area contributed by atoms with Crippen LogP contribution in [-0.4, -0.2) is 11.1 Å². The van der Waals surface area contributed by atoms with Gasteiger partial charge in [0.1, 0.15) is 0 Å². The molecule has 0 aliphatic rings. The lowest BCUT2D eigenvalue weighted by molar-refractivity contribution is -0.156. The summed E-state index contributed by atoms with van der Waals surface area (Å²) in [6.45, 7) is 3.95. The van der Waals surface area contributed by atoms with E-state index >= 15 is 4.39 Å². The highest BCUT2D eigenvalue weighted by Gasteiger charge is 2.45. The van der Waals surface area contributed by atoms with E-state index < -0.39 is 17.6 Å². The zero-order valence-corrected chi connectivity index (χ0v) is 16.0.